The summed E-state index contributed by atoms with van der Waals surface area (Å²) < 4.78 is 27.2. The van der Waals surface area contributed by atoms with Crippen LogP contribution in [0.3, 0.4) is 0 Å². The van der Waals surface area contributed by atoms with Crippen LogP contribution >= 0.6 is 11.6 Å². The summed E-state index contributed by atoms with van der Waals surface area (Å²) >= 11 is 6.01. The average molecular weight is 444 g/mol. The van der Waals surface area contributed by atoms with Crippen molar-refractivity contribution in [3.8, 4) is 0 Å². The molecular weight excluding hydrogens is 426 g/mol. The van der Waals surface area contributed by atoms with Gasteiger partial charge in [0.15, 0.2) is 0 Å². The Morgan fingerprint density at radius 1 is 0.833 bits per heavy atom. The molecule has 3 aromatic rings. The Hall–Kier alpha value is -3.36. The SMILES string of the molecule is CNC(=O)c1cc(NC(=O)c2ccc(NS(=O)(=O)c3ccccc3)cc2)ccc1Cl. The van der Waals surface area contributed by atoms with Crippen LogP contribution in [0.1, 0.15) is 20.7 Å². The average Bonchev–Trinajstić information content (AvgIpc) is 2.75. The largest absolute Gasteiger partial charge is 0.355 e. The van der Waals surface area contributed by atoms with Gasteiger partial charge in [0.25, 0.3) is 21.8 Å². The first-order valence-electron chi connectivity index (χ1n) is 8.81. The number of amides is 2. The lowest BCUT2D eigenvalue weighted by Crippen LogP contribution is -2.19. The van der Waals surface area contributed by atoms with Crippen LogP contribution in [0.4, 0.5) is 11.4 Å². The molecule has 0 bridgehead atoms. The Bertz CT molecular complexity index is 1180. The van der Waals surface area contributed by atoms with E-state index in [1.54, 1.807) is 24.3 Å². The van der Waals surface area contributed by atoms with E-state index in [2.05, 4.69) is 15.4 Å². The molecule has 0 saturated carbocycles. The second kappa shape index (κ2) is 8.98. The van der Waals surface area contributed by atoms with E-state index in [1.807, 2.05) is 0 Å². The van der Waals surface area contributed by atoms with Crippen molar-refractivity contribution in [1.29, 1.82) is 0 Å². The summed E-state index contributed by atoms with van der Waals surface area (Å²) in [7, 11) is -2.23. The van der Waals surface area contributed by atoms with Crippen LogP contribution < -0.4 is 15.4 Å². The molecule has 2 amide bonds. The molecule has 3 rings (SSSR count). The third-order valence-electron chi connectivity index (χ3n) is 4.15. The molecule has 0 radical (unpaired) electrons. The van der Waals surface area contributed by atoms with E-state index in [0.717, 1.165) is 0 Å². The van der Waals surface area contributed by atoms with Crippen LogP contribution in [0.15, 0.2) is 77.7 Å². The maximum atomic E-state index is 12.5. The number of carbonyl (C=O) groups excluding carboxylic acids is 2. The Morgan fingerprint density at radius 3 is 2.10 bits per heavy atom. The number of nitrogens with one attached hydrogen (secondary N) is 3. The van der Waals surface area contributed by atoms with E-state index in [0.29, 0.717) is 16.9 Å². The van der Waals surface area contributed by atoms with Crippen molar-refractivity contribution in [3.05, 3.63) is 88.9 Å². The lowest BCUT2D eigenvalue weighted by Gasteiger charge is -2.10. The van der Waals surface area contributed by atoms with Gasteiger partial charge < -0.3 is 10.6 Å². The monoisotopic (exact) mass is 443 g/mol. The first kappa shape index (κ1) is 21.4. The molecule has 0 spiro atoms. The van der Waals surface area contributed by atoms with Crippen molar-refractivity contribution in [2.45, 2.75) is 4.90 Å². The number of anilines is 2. The summed E-state index contributed by atoms with van der Waals surface area (Å²) in [5, 5.41) is 5.43. The highest BCUT2D eigenvalue weighted by atomic mass is 35.5. The van der Waals surface area contributed by atoms with Crippen molar-refractivity contribution in [2.24, 2.45) is 0 Å². The van der Waals surface area contributed by atoms with Gasteiger partial charge in [-0.15, -0.1) is 0 Å². The van der Waals surface area contributed by atoms with Crippen molar-refractivity contribution >= 4 is 44.8 Å². The van der Waals surface area contributed by atoms with Gasteiger partial charge in [0.2, 0.25) is 0 Å². The second-order valence-corrected chi connectivity index (χ2v) is 8.31. The van der Waals surface area contributed by atoms with Gasteiger partial charge >= 0.3 is 0 Å². The van der Waals surface area contributed by atoms with E-state index < -0.39 is 15.9 Å². The highest BCUT2D eigenvalue weighted by Crippen LogP contribution is 2.22. The molecule has 7 nitrogen and oxygen atoms in total. The molecule has 9 heteroatoms. The van der Waals surface area contributed by atoms with E-state index >= 15 is 0 Å². The van der Waals surface area contributed by atoms with E-state index in [9.17, 15) is 18.0 Å². The maximum absolute atomic E-state index is 12.5. The summed E-state index contributed by atoms with van der Waals surface area (Å²) in [6.07, 6.45) is 0. The molecule has 0 saturated heterocycles. The van der Waals surface area contributed by atoms with Gasteiger partial charge in [0.1, 0.15) is 0 Å². The maximum Gasteiger partial charge on any atom is 0.261 e. The summed E-state index contributed by atoms with van der Waals surface area (Å²) in [6, 6.07) is 18.5. The summed E-state index contributed by atoms with van der Waals surface area (Å²) in [5.41, 5.74) is 1.28. The van der Waals surface area contributed by atoms with Crippen molar-refractivity contribution in [1.82, 2.24) is 5.32 Å². The first-order valence-corrected chi connectivity index (χ1v) is 10.7. The van der Waals surface area contributed by atoms with Crippen LogP contribution in [0.2, 0.25) is 5.02 Å². The molecule has 3 aromatic carbocycles. The standard InChI is InChI=1S/C21H18ClN3O4S/c1-23-21(27)18-13-16(11-12-19(18)22)24-20(26)14-7-9-15(10-8-14)25-30(28,29)17-5-3-2-4-6-17/h2-13,25H,1H3,(H,23,27)(H,24,26). The van der Waals surface area contributed by atoms with Gasteiger partial charge in [-0.1, -0.05) is 29.8 Å². The molecule has 154 valence electrons. The van der Waals surface area contributed by atoms with Gasteiger partial charge in [-0.05, 0) is 54.6 Å². The smallest absolute Gasteiger partial charge is 0.261 e. The van der Waals surface area contributed by atoms with Crippen LogP contribution in [-0.4, -0.2) is 27.3 Å². The molecular formula is C21H18ClN3O4S. The summed E-state index contributed by atoms with van der Waals surface area (Å²) in [6.45, 7) is 0. The van der Waals surface area contributed by atoms with Gasteiger partial charge in [-0.25, -0.2) is 8.42 Å². The number of rotatable bonds is 6. The fraction of sp³-hybridized carbons (Fsp3) is 0.0476. The molecule has 30 heavy (non-hydrogen) atoms. The van der Waals surface area contributed by atoms with Gasteiger partial charge in [0.05, 0.1) is 15.5 Å². The van der Waals surface area contributed by atoms with Crippen molar-refractivity contribution in [3.63, 3.8) is 0 Å². The Kier molecular flexibility index (Phi) is 6.39. The fourth-order valence-electron chi connectivity index (χ4n) is 2.62. The van der Waals surface area contributed by atoms with Gasteiger partial charge in [-0.2, -0.15) is 0 Å². The van der Waals surface area contributed by atoms with Crippen molar-refractivity contribution in [2.75, 3.05) is 17.1 Å². The number of halogens is 1. The minimum atomic E-state index is -3.72. The minimum Gasteiger partial charge on any atom is -0.355 e. The molecule has 0 unspecified atom stereocenters. The Balaban J connectivity index is 1.72. The van der Waals surface area contributed by atoms with Gasteiger partial charge in [0, 0.05) is 24.0 Å². The number of hydrogen-bond donors (Lipinski definition) is 3. The zero-order valence-corrected chi connectivity index (χ0v) is 17.4. The lowest BCUT2D eigenvalue weighted by atomic mass is 10.1. The van der Waals surface area contributed by atoms with E-state index in [1.165, 1.54) is 55.6 Å². The topological polar surface area (TPSA) is 104 Å². The van der Waals surface area contributed by atoms with Crippen molar-refractivity contribution < 1.29 is 18.0 Å². The fourth-order valence-corrected chi connectivity index (χ4v) is 3.90. The van der Waals surface area contributed by atoms with Crippen LogP contribution in [-0.2, 0) is 10.0 Å². The Labute approximate surface area is 179 Å². The molecule has 0 aliphatic heterocycles. The third-order valence-corrected chi connectivity index (χ3v) is 5.88. The number of hydrogen-bond acceptors (Lipinski definition) is 4. The second-order valence-electron chi connectivity index (χ2n) is 6.22. The zero-order valence-electron chi connectivity index (χ0n) is 15.8. The molecule has 0 aromatic heterocycles. The number of sulfonamides is 1. The molecule has 3 N–H and O–H groups in total. The number of carbonyl (C=O) groups is 2. The van der Waals surface area contributed by atoms with Crippen LogP contribution in [0.25, 0.3) is 0 Å². The predicted molar refractivity (Wildman–Crippen MR) is 116 cm³/mol. The summed E-state index contributed by atoms with van der Waals surface area (Å²) in [5.74, 6) is -0.788. The quantitative estimate of drug-likeness (QED) is 0.539. The first-order chi connectivity index (χ1) is 14.3. The van der Waals surface area contributed by atoms with E-state index in [4.69, 9.17) is 11.6 Å². The molecule has 0 aliphatic rings. The normalized spacial score (nSPS) is 10.9. The van der Waals surface area contributed by atoms with Crippen LogP contribution in [0.5, 0.6) is 0 Å². The lowest BCUT2D eigenvalue weighted by molar-refractivity contribution is 0.0961. The Morgan fingerprint density at radius 2 is 1.47 bits per heavy atom. The van der Waals surface area contributed by atoms with E-state index in [-0.39, 0.29) is 21.4 Å². The number of benzene rings is 3. The minimum absolute atomic E-state index is 0.140. The molecule has 0 heterocycles. The third kappa shape index (κ3) is 4.97. The van der Waals surface area contributed by atoms with Gasteiger partial charge in [-0.3, -0.25) is 14.3 Å². The zero-order chi connectivity index (χ0) is 21.7. The van der Waals surface area contributed by atoms with Crippen LogP contribution in [0, 0.1) is 0 Å². The highest BCUT2D eigenvalue weighted by molar-refractivity contribution is 7.92. The molecule has 0 atom stereocenters. The predicted octanol–water partition coefficient (Wildman–Crippen LogP) is 3.75. The molecule has 0 fully saturated rings. The molecule has 0 aliphatic carbocycles. The summed E-state index contributed by atoms with van der Waals surface area (Å²) in [4.78, 5) is 24.5. The highest BCUT2D eigenvalue weighted by Gasteiger charge is 2.15.